The third-order valence-corrected chi connectivity index (χ3v) is 8.30. The molecule has 5 rings (SSSR count). The van der Waals surface area contributed by atoms with E-state index >= 15 is 0 Å². The van der Waals surface area contributed by atoms with Crippen LogP contribution in [0.15, 0.2) is 48.7 Å². The Hall–Kier alpha value is -4.36. The van der Waals surface area contributed by atoms with Gasteiger partial charge in [-0.1, -0.05) is 32.9 Å². The highest BCUT2D eigenvalue weighted by molar-refractivity contribution is 7.92. The first-order chi connectivity index (χ1) is 21.3. The number of carbonyl (C=O) groups is 1. The standard InChI is InChI=1S/C32H41N7O5S/c1-32(2,3)22-19-23(29(43-5)24(20-22)37-45(6,41)42)35-30(40)25-18-21-10-9-11-26(28(21)38(25)4)44-27-12-13-33-31(36-27)34-14-17-39-15-7-8-16-39/h9-13,18-20,37H,7-8,14-17H2,1-6H3,(H,35,40)(H,33,34,36). The maximum atomic E-state index is 13.7. The highest BCUT2D eigenvalue weighted by atomic mass is 32.2. The Morgan fingerprint density at radius 2 is 1.80 bits per heavy atom. The number of sulfonamides is 1. The van der Waals surface area contributed by atoms with Crippen LogP contribution in [0.3, 0.4) is 0 Å². The van der Waals surface area contributed by atoms with Gasteiger partial charge in [-0.25, -0.2) is 13.4 Å². The molecule has 45 heavy (non-hydrogen) atoms. The molecule has 0 radical (unpaired) electrons. The van der Waals surface area contributed by atoms with Gasteiger partial charge in [0.25, 0.3) is 5.91 Å². The average molecular weight is 636 g/mol. The van der Waals surface area contributed by atoms with Crippen LogP contribution in [0.2, 0.25) is 0 Å². The Balaban J connectivity index is 1.40. The number of nitrogens with zero attached hydrogens (tertiary/aromatic N) is 4. The van der Waals surface area contributed by atoms with Crippen LogP contribution in [0, 0.1) is 0 Å². The first kappa shape index (κ1) is 32.0. The maximum absolute atomic E-state index is 13.7. The van der Waals surface area contributed by atoms with E-state index in [2.05, 4.69) is 30.2 Å². The van der Waals surface area contributed by atoms with Crippen LogP contribution >= 0.6 is 0 Å². The van der Waals surface area contributed by atoms with Crippen molar-refractivity contribution in [2.75, 3.05) is 54.9 Å². The molecule has 240 valence electrons. The van der Waals surface area contributed by atoms with Crippen molar-refractivity contribution in [3.05, 3.63) is 59.9 Å². The molecule has 1 aliphatic rings. The first-order valence-electron chi connectivity index (χ1n) is 14.9. The summed E-state index contributed by atoms with van der Waals surface area (Å²) in [5, 5.41) is 7.02. The van der Waals surface area contributed by atoms with Gasteiger partial charge in [0.05, 0.1) is 30.3 Å². The molecule has 0 unspecified atom stereocenters. The summed E-state index contributed by atoms with van der Waals surface area (Å²) >= 11 is 0. The number of rotatable bonds is 11. The van der Waals surface area contributed by atoms with Crippen LogP contribution in [0.25, 0.3) is 10.9 Å². The monoisotopic (exact) mass is 635 g/mol. The minimum atomic E-state index is -3.61. The molecule has 3 N–H and O–H groups in total. The van der Waals surface area contributed by atoms with Crippen molar-refractivity contribution in [2.24, 2.45) is 7.05 Å². The first-order valence-corrected chi connectivity index (χ1v) is 16.8. The summed E-state index contributed by atoms with van der Waals surface area (Å²) < 4.78 is 40.3. The van der Waals surface area contributed by atoms with Gasteiger partial charge in [0.2, 0.25) is 21.9 Å². The topological polar surface area (TPSA) is 140 Å². The smallest absolute Gasteiger partial charge is 0.272 e. The number of ether oxygens (including phenoxy) is 2. The lowest BCUT2D eigenvalue weighted by Gasteiger charge is -2.24. The largest absolute Gasteiger partial charge is 0.492 e. The molecule has 1 amide bonds. The second-order valence-electron chi connectivity index (χ2n) is 12.3. The predicted molar refractivity (Wildman–Crippen MR) is 177 cm³/mol. The van der Waals surface area contributed by atoms with Gasteiger partial charge in [-0.2, -0.15) is 4.98 Å². The molecule has 12 nitrogen and oxygen atoms in total. The predicted octanol–water partition coefficient (Wildman–Crippen LogP) is 5.20. The fourth-order valence-electron chi connectivity index (χ4n) is 5.44. The number of aryl methyl sites for hydroxylation is 1. The van der Waals surface area contributed by atoms with E-state index in [1.807, 2.05) is 39.0 Å². The Kier molecular flexibility index (Phi) is 9.21. The Morgan fingerprint density at radius 1 is 1.07 bits per heavy atom. The van der Waals surface area contributed by atoms with Crippen molar-refractivity contribution in [3.8, 4) is 17.4 Å². The van der Waals surface area contributed by atoms with Crippen molar-refractivity contribution >= 4 is 44.2 Å². The van der Waals surface area contributed by atoms with Crippen LogP contribution in [0.1, 0.15) is 49.7 Å². The highest BCUT2D eigenvalue weighted by Gasteiger charge is 2.24. The molecule has 1 saturated heterocycles. The molecule has 0 saturated carbocycles. The van der Waals surface area contributed by atoms with E-state index in [-0.39, 0.29) is 16.9 Å². The molecule has 0 spiro atoms. The molecule has 0 aliphatic carbocycles. The van der Waals surface area contributed by atoms with E-state index < -0.39 is 15.9 Å². The van der Waals surface area contributed by atoms with Gasteiger partial charge in [-0.15, -0.1) is 0 Å². The number of nitrogens with one attached hydrogen (secondary N) is 3. The van der Waals surface area contributed by atoms with E-state index in [0.29, 0.717) is 34.5 Å². The van der Waals surface area contributed by atoms with Gasteiger partial charge in [0, 0.05) is 37.8 Å². The zero-order chi connectivity index (χ0) is 32.4. The number of amides is 1. The summed E-state index contributed by atoms with van der Waals surface area (Å²) in [5.74, 6) is 1.20. The number of anilines is 3. The number of likely N-dealkylation sites (tertiary alicyclic amines) is 1. The highest BCUT2D eigenvalue weighted by Crippen LogP contribution is 2.40. The number of methoxy groups -OCH3 is 1. The summed E-state index contributed by atoms with van der Waals surface area (Å²) in [6, 6.07) is 12.6. The zero-order valence-corrected chi connectivity index (χ0v) is 27.4. The number of para-hydroxylation sites is 1. The fourth-order valence-corrected chi connectivity index (χ4v) is 6.00. The molecule has 0 atom stereocenters. The molecule has 3 heterocycles. The number of fused-ring (bicyclic) bond motifs is 1. The van der Waals surface area contributed by atoms with E-state index in [9.17, 15) is 13.2 Å². The summed E-state index contributed by atoms with van der Waals surface area (Å²) in [7, 11) is -0.396. The van der Waals surface area contributed by atoms with E-state index in [0.717, 1.165) is 43.4 Å². The molecule has 1 aliphatic heterocycles. The second kappa shape index (κ2) is 12.9. The van der Waals surface area contributed by atoms with Gasteiger partial charge in [-0.3, -0.25) is 9.52 Å². The average Bonchev–Trinajstić information content (AvgIpc) is 3.60. The van der Waals surface area contributed by atoms with Crippen LogP contribution in [0.5, 0.6) is 17.4 Å². The summed E-state index contributed by atoms with van der Waals surface area (Å²) in [4.78, 5) is 25.0. The molecule has 1 fully saturated rings. The summed E-state index contributed by atoms with van der Waals surface area (Å²) in [6.45, 7) is 9.94. The van der Waals surface area contributed by atoms with Gasteiger partial charge in [0.15, 0.2) is 11.5 Å². The second-order valence-corrected chi connectivity index (χ2v) is 14.0. The van der Waals surface area contributed by atoms with Crippen molar-refractivity contribution < 1.29 is 22.7 Å². The quantitative estimate of drug-likeness (QED) is 0.203. The van der Waals surface area contributed by atoms with Gasteiger partial charge < -0.3 is 29.6 Å². The molecule has 13 heteroatoms. The number of benzene rings is 2. The summed E-state index contributed by atoms with van der Waals surface area (Å²) in [5.41, 5.74) is 2.13. The molecular weight excluding hydrogens is 594 g/mol. The van der Waals surface area contributed by atoms with Gasteiger partial charge in [0.1, 0.15) is 5.69 Å². The number of carbonyl (C=O) groups excluding carboxylic acids is 1. The molecule has 0 bridgehead atoms. The number of aromatic nitrogens is 3. The Labute approximate surface area is 264 Å². The minimum Gasteiger partial charge on any atom is -0.492 e. The van der Waals surface area contributed by atoms with E-state index in [1.165, 1.54) is 20.0 Å². The van der Waals surface area contributed by atoms with Crippen LogP contribution < -0.4 is 24.8 Å². The summed E-state index contributed by atoms with van der Waals surface area (Å²) in [6.07, 6.45) is 5.21. The molecule has 2 aromatic heterocycles. The van der Waals surface area contributed by atoms with Crippen molar-refractivity contribution in [1.82, 2.24) is 19.4 Å². The van der Waals surface area contributed by atoms with Crippen molar-refractivity contribution in [2.45, 2.75) is 39.0 Å². The lowest BCUT2D eigenvalue weighted by atomic mass is 9.86. The molecular formula is C32H41N7O5S. The zero-order valence-electron chi connectivity index (χ0n) is 26.6. The van der Waals surface area contributed by atoms with Crippen LogP contribution in [0.4, 0.5) is 17.3 Å². The number of hydrogen-bond donors (Lipinski definition) is 3. The van der Waals surface area contributed by atoms with Crippen LogP contribution in [-0.4, -0.2) is 73.3 Å². The third-order valence-electron chi connectivity index (χ3n) is 7.71. The van der Waals surface area contributed by atoms with E-state index in [1.54, 1.807) is 42.1 Å². The molecule has 2 aromatic carbocycles. The number of hydrogen-bond acceptors (Lipinski definition) is 9. The van der Waals surface area contributed by atoms with Gasteiger partial charge in [-0.05, 0) is 61.2 Å². The maximum Gasteiger partial charge on any atom is 0.272 e. The lowest BCUT2D eigenvalue weighted by molar-refractivity contribution is 0.101. The van der Waals surface area contributed by atoms with Gasteiger partial charge >= 0.3 is 0 Å². The Bertz CT molecular complexity index is 1810. The van der Waals surface area contributed by atoms with E-state index in [4.69, 9.17) is 9.47 Å². The minimum absolute atomic E-state index is 0.207. The van der Waals surface area contributed by atoms with Crippen LogP contribution in [-0.2, 0) is 22.5 Å². The van der Waals surface area contributed by atoms with Crippen molar-refractivity contribution in [3.63, 3.8) is 0 Å². The fraction of sp³-hybridized carbons (Fsp3) is 0.406. The molecule has 4 aromatic rings. The van der Waals surface area contributed by atoms with Crippen molar-refractivity contribution in [1.29, 1.82) is 0 Å². The SMILES string of the molecule is COc1c(NC(=O)c2cc3cccc(Oc4ccnc(NCCN5CCCC5)n4)c3n2C)cc(C(C)(C)C)cc1NS(C)(=O)=O. The Morgan fingerprint density at radius 3 is 2.49 bits per heavy atom. The lowest BCUT2D eigenvalue weighted by Crippen LogP contribution is -2.26. The third kappa shape index (κ3) is 7.66. The normalized spacial score (nSPS) is 14.0.